The summed E-state index contributed by atoms with van der Waals surface area (Å²) in [6.07, 6.45) is 5.27. The fraction of sp³-hybridized carbons (Fsp3) is 0.0800. The minimum absolute atomic E-state index is 0.184. The number of carbonyl (C=O) groups is 1. The summed E-state index contributed by atoms with van der Waals surface area (Å²) in [6, 6.07) is 19.5. The van der Waals surface area contributed by atoms with Crippen LogP contribution in [0.5, 0.6) is 5.75 Å². The summed E-state index contributed by atoms with van der Waals surface area (Å²) < 4.78 is 11.3. The molecule has 32 heavy (non-hydrogen) atoms. The van der Waals surface area contributed by atoms with Gasteiger partial charge in [-0.15, -0.1) is 0 Å². The molecular formula is C25H19N3O3S. The summed E-state index contributed by atoms with van der Waals surface area (Å²) >= 11 is 1.31. The van der Waals surface area contributed by atoms with Gasteiger partial charge >= 0.3 is 0 Å². The van der Waals surface area contributed by atoms with E-state index < -0.39 is 0 Å². The molecule has 5 rings (SSSR count). The standard InChI is InChI=1S/C25H19N3O3S/c1-30-19-9-7-17(8-10-19)21-15-26-14-18-11-20(31-23(18)21)12-22-24(29)28-25(32-22)27-13-16-5-3-2-4-6-16/h2-12,14-15H,13H2,1H3,(H,27,28,29). The first-order chi connectivity index (χ1) is 15.7. The number of ether oxygens (including phenoxy) is 1. The Morgan fingerprint density at radius 2 is 1.94 bits per heavy atom. The van der Waals surface area contributed by atoms with E-state index in [1.165, 1.54) is 11.8 Å². The van der Waals surface area contributed by atoms with Gasteiger partial charge < -0.3 is 14.5 Å². The minimum atomic E-state index is -0.184. The Morgan fingerprint density at radius 3 is 2.72 bits per heavy atom. The fourth-order valence-corrected chi connectivity index (χ4v) is 4.21. The molecule has 4 aromatic rings. The number of pyridine rings is 1. The van der Waals surface area contributed by atoms with E-state index in [9.17, 15) is 4.79 Å². The van der Waals surface area contributed by atoms with Crippen molar-refractivity contribution in [3.63, 3.8) is 0 Å². The predicted octanol–water partition coefficient (Wildman–Crippen LogP) is 5.26. The Labute approximate surface area is 189 Å². The van der Waals surface area contributed by atoms with Gasteiger partial charge in [0.15, 0.2) is 5.17 Å². The van der Waals surface area contributed by atoms with Crippen molar-refractivity contribution in [2.45, 2.75) is 6.54 Å². The summed E-state index contributed by atoms with van der Waals surface area (Å²) in [6.45, 7) is 0.512. The lowest BCUT2D eigenvalue weighted by Crippen LogP contribution is -2.19. The highest BCUT2D eigenvalue weighted by Crippen LogP contribution is 2.33. The highest BCUT2D eigenvalue weighted by molar-refractivity contribution is 8.18. The van der Waals surface area contributed by atoms with E-state index in [0.717, 1.165) is 33.4 Å². The van der Waals surface area contributed by atoms with Crippen LogP contribution in [-0.2, 0) is 11.3 Å². The van der Waals surface area contributed by atoms with E-state index in [1.54, 1.807) is 25.6 Å². The van der Waals surface area contributed by atoms with Crippen molar-refractivity contribution >= 4 is 39.9 Å². The van der Waals surface area contributed by atoms with Crippen molar-refractivity contribution < 1.29 is 13.9 Å². The number of nitrogens with zero attached hydrogens (tertiary/aromatic N) is 2. The van der Waals surface area contributed by atoms with E-state index in [-0.39, 0.29) is 5.91 Å². The first-order valence-electron chi connectivity index (χ1n) is 10.0. The Morgan fingerprint density at radius 1 is 1.12 bits per heavy atom. The highest BCUT2D eigenvalue weighted by atomic mass is 32.2. The second kappa shape index (κ2) is 8.72. The number of aromatic nitrogens is 1. The normalized spacial score (nSPS) is 16.1. The summed E-state index contributed by atoms with van der Waals surface area (Å²) in [7, 11) is 1.64. The highest BCUT2D eigenvalue weighted by Gasteiger charge is 2.24. The van der Waals surface area contributed by atoms with E-state index in [1.807, 2.05) is 60.7 Å². The van der Waals surface area contributed by atoms with Gasteiger partial charge in [0.1, 0.15) is 17.1 Å². The van der Waals surface area contributed by atoms with E-state index in [2.05, 4.69) is 15.3 Å². The van der Waals surface area contributed by atoms with Gasteiger partial charge in [0, 0.05) is 29.4 Å². The number of amides is 1. The van der Waals surface area contributed by atoms with Crippen LogP contribution in [0.25, 0.3) is 28.2 Å². The molecule has 3 heterocycles. The summed E-state index contributed by atoms with van der Waals surface area (Å²) in [5.41, 5.74) is 3.66. The van der Waals surface area contributed by atoms with E-state index in [4.69, 9.17) is 9.15 Å². The molecule has 0 saturated carbocycles. The van der Waals surface area contributed by atoms with Crippen molar-refractivity contribution in [3.8, 4) is 16.9 Å². The number of furan rings is 1. The largest absolute Gasteiger partial charge is 0.497 e. The lowest BCUT2D eigenvalue weighted by molar-refractivity contribution is -0.115. The van der Waals surface area contributed by atoms with Crippen molar-refractivity contribution in [1.29, 1.82) is 0 Å². The Balaban J connectivity index is 1.40. The molecule has 1 aliphatic rings. The Bertz CT molecular complexity index is 1340. The van der Waals surface area contributed by atoms with Crippen molar-refractivity contribution in [3.05, 3.63) is 89.3 Å². The molecule has 6 nitrogen and oxygen atoms in total. The van der Waals surface area contributed by atoms with Crippen LogP contribution >= 0.6 is 11.8 Å². The third-order valence-electron chi connectivity index (χ3n) is 5.02. The summed E-state index contributed by atoms with van der Waals surface area (Å²) in [5.74, 6) is 1.19. The molecule has 1 saturated heterocycles. The molecule has 0 aliphatic carbocycles. The predicted molar refractivity (Wildman–Crippen MR) is 127 cm³/mol. The number of benzene rings is 2. The molecule has 0 atom stereocenters. The minimum Gasteiger partial charge on any atom is -0.497 e. The number of methoxy groups -OCH3 is 1. The first-order valence-corrected chi connectivity index (χ1v) is 10.8. The van der Waals surface area contributed by atoms with Crippen LogP contribution < -0.4 is 10.1 Å². The van der Waals surface area contributed by atoms with Gasteiger partial charge in [0.2, 0.25) is 0 Å². The molecule has 0 radical (unpaired) electrons. The SMILES string of the molecule is COc1ccc(-c2cncc3cc(C=C4SC(=NCc5ccccc5)NC4=O)oc23)cc1. The first kappa shape index (κ1) is 20.1. The van der Waals surface area contributed by atoms with Crippen molar-refractivity contribution in [2.24, 2.45) is 4.99 Å². The molecule has 158 valence electrons. The third kappa shape index (κ3) is 4.15. The zero-order valence-corrected chi connectivity index (χ0v) is 18.1. The zero-order valence-electron chi connectivity index (χ0n) is 17.2. The second-order valence-electron chi connectivity index (χ2n) is 7.15. The number of nitrogens with one attached hydrogen (secondary N) is 1. The number of amidine groups is 1. The Kier molecular flexibility index (Phi) is 5.47. The molecule has 0 unspecified atom stereocenters. The smallest absolute Gasteiger partial charge is 0.264 e. The van der Waals surface area contributed by atoms with E-state index in [0.29, 0.717) is 22.4 Å². The Hall–Kier alpha value is -3.84. The van der Waals surface area contributed by atoms with Crippen LogP contribution in [-0.4, -0.2) is 23.2 Å². The number of fused-ring (bicyclic) bond motifs is 1. The number of rotatable bonds is 5. The maximum Gasteiger partial charge on any atom is 0.264 e. The topological polar surface area (TPSA) is 76.7 Å². The molecule has 1 fully saturated rings. The number of hydrogen-bond donors (Lipinski definition) is 1. The lowest BCUT2D eigenvalue weighted by atomic mass is 10.1. The van der Waals surface area contributed by atoms with Gasteiger partial charge in [0.25, 0.3) is 5.91 Å². The van der Waals surface area contributed by atoms with Crippen LogP contribution in [0.4, 0.5) is 0 Å². The molecule has 2 aromatic carbocycles. The summed E-state index contributed by atoms with van der Waals surface area (Å²) in [5, 5.41) is 4.27. The summed E-state index contributed by atoms with van der Waals surface area (Å²) in [4.78, 5) is 21.8. The molecule has 7 heteroatoms. The van der Waals surface area contributed by atoms with Gasteiger partial charge in [-0.25, -0.2) is 0 Å². The molecule has 1 amide bonds. The number of thioether (sulfide) groups is 1. The third-order valence-corrected chi connectivity index (χ3v) is 5.96. The molecule has 0 bridgehead atoms. The second-order valence-corrected chi connectivity index (χ2v) is 8.19. The van der Waals surface area contributed by atoms with Gasteiger partial charge in [-0.1, -0.05) is 42.5 Å². The maximum absolute atomic E-state index is 12.4. The van der Waals surface area contributed by atoms with Crippen molar-refractivity contribution in [1.82, 2.24) is 10.3 Å². The maximum atomic E-state index is 12.4. The van der Waals surface area contributed by atoms with Crippen molar-refractivity contribution in [2.75, 3.05) is 7.11 Å². The van der Waals surface area contributed by atoms with Crippen LogP contribution in [0, 0.1) is 0 Å². The lowest BCUT2D eigenvalue weighted by Gasteiger charge is -2.04. The molecular weight excluding hydrogens is 422 g/mol. The van der Waals surface area contributed by atoms with Crippen LogP contribution in [0.1, 0.15) is 11.3 Å². The van der Waals surface area contributed by atoms with Crippen LogP contribution in [0.2, 0.25) is 0 Å². The van der Waals surface area contributed by atoms with Gasteiger partial charge in [-0.2, -0.15) is 0 Å². The molecule has 1 aliphatic heterocycles. The number of hydrogen-bond acceptors (Lipinski definition) is 6. The number of aliphatic imine (C=N–C) groups is 1. The molecule has 2 aromatic heterocycles. The van der Waals surface area contributed by atoms with Crippen LogP contribution in [0.15, 0.2) is 87.4 Å². The average Bonchev–Trinajstić information content (AvgIpc) is 3.41. The van der Waals surface area contributed by atoms with Crippen LogP contribution in [0.3, 0.4) is 0 Å². The number of carbonyl (C=O) groups excluding carboxylic acids is 1. The van der Waals surface area contributed by atoms with Gasteiger partial charge in [-0.05, 0) is 41.1 Å². The zero-order chi connectivity index (χ0) is 21.9. The molecule has 1 N–H and O–H groups in total. The quantitative estimate of drug-likeness (QED) is 0.427. The van der Waals surface area contributed by atoms with Gasteiger partial charge in [-0.3, -0.25) is 14.8 Å². The van der Waals surface area contributed by atoms with Gasteiger partial charge in [0.05, 0.1) is 18.6 Å². The monoisotopic (exact) mass is 441 g/mol. The van der Waals surface area contributed by atoms with E-state index >= 15 is 0 Å². The average molecular weight is 442 g/mol. The fourth-order valence-electron chi connectivity index (χ4n) is 3.41. The molecule has 0 spiro atoms.